The highest BCUT2D eigenvalue weighted by Crippen LogP contribution is 2.49. The van der Waals surface area contributed by atoms with E-state index in [1.54, 1.807) is 6.92 Å². The summed E-state index contributed by atoms with van der Waals surface area (Å²) in [4.78, 5) is 38.2. The van der Waals surface area contributed by atoms with E-state index >= 15 is 0 Å². The second-order valence-corrected chi connectivity index (χ2v) is 10.7. The van der Waals surface area contributed by atoms with Crippen molar-refractivity contribution in [2.45, 2.75) is 69.2 Å². The summed E-state index contributed by atoms with van der Waals surface area (Å²) in [6.45, 7) is 3.01. The smallest absolute Gasteiger partial charge is 0.407 e. The van der Waals surface area contributed by atoms with Gasteiger partial charge in [-0.3, -0.25) is 9.36 Å². The summed E-state index contributed by atoms with van der Waals surface area (Å²) >= 11 is 0. The molecule has 4 heterocycles. The Kier molecular flexibility index (Phi) is 7.27. The van der Waals surface area contributed by atoms with Crippen LogP contribution >= 0.6 is 0 Å². The number of fused-ring (bicyclic) bond motifs is 3. The van der Waals surface area contributed by atoms with Crippen molar-refractivity contribution >= 4 is 29.0 Å². The van der Waals surface area contributed by atoms with Crippen molar-refractivity contribution in [3.8, 4) is 0 Å². The van der Waals surface area contributed by atoms with Crippen LogP contribution in [0, 0.1) is 17.8 Å². The topological polar surface area (TPSA) is 179 Å². The summed E-state index contributed by atoms with van der Waals surface area (Å²) in [7, 11) is 0. The Balaban J connectivity index is 1.09. The molecular formula is C25H34N6O8. The Bertz CT molecular complexity index is 1200. The van der Waals surface area contributed by atoms with E-state index in [2.05, 4.69) is 25.6 Å². The number of aliphatic hydroxyl groups excluding tert-OH is 2. The first-order valence-electron chi connectivity index (χ1n) is 13.6. The molecular weight excluding hydrogens is 512 g/mol. The number of ether oxygens (including phenoxy) is 4. The fourth-order valence-corrected chi connectivity index (χ4v) is 6.49. The molecule has 4 fully saturated rings. The molecule has 2 aliphatic carbocycles. The molecule has 0 spiro atoms. The number of aliphatic hydroxyl groups is 2. The fourth-order valence-electron chi connectivity index (χ4n) is 6.49. The van der Waals surface area contributed by atoms with Gasteiger partial charge in [-0.2, -0.15) is 0 Å². The van der Waals surface area contributed by atoms with E-state index in [1.165, 1.54) is 17.2 Å². The summed E-state index contributed by atoms with van der Waals surface area (Å²) in [5.74, 6) is 0.273. The van der Waals surface area contributed by atoms with Gasteiger partial charge in [0.05, 0.1) is 31.5 Å². The first-order valence-corrected chi connectivity index (χ1v) is 13.6. The lowest BCUT2D eigenvalue weighted by atomic mass is 9.84. The number of rotatable bonds is 8. The van der Waals surface area contributed by atoms with Crippen molar-refractivity contribution in [3.63, 3.8) is 0 Å². The number of carbonyl (C=O) groups is 2. The second kappa shape index (κ2) is 10.8. The number of amides is 1. The molecule has 0 aromatic carbocycles. The van der Waals surface area contributed by atoms with E-state index in [0.29, 0.717) is 30.2 Å². The Labute approximate surface area is 224 Å². The molecule has 2 aromatic heterocycles. The zero-order valence-electron chi connectivity index (χ0n) is 21.6. The maximum absolute atomic E-state index is 12.7. The van der Waals surface area contributed by atoms with Gasteiger partial charge in [0, 0.05) is 12.6 Å². The van der Waals surface area contributed by atoms with Crippen LogP contribution in [0.4, 0.5) is 10.6 Å². The number of imidazole rings is 1. The SMILES string of the molecule is CCOC(=O)C1C2CCC(C2)C1NC(=O)OC[C@H]1OC(n2cnc3c(N[C@@H]4CCOC4)ncnc32)[C@H](O)[C@@H]1O. The molecule has 1 amide bonds. The maximum atomic E-state index is 12.7. The Morgan fingerprint density at radius 1 is 1.13 bits per heavy atom. The van der Waals surface area contributed by atoms with Gasteiger partial charge in [0.25, 0.3) is 0 Å². The molecule has 9 atom stereocenters. The summed E-state index contributed by atoms with van der Waals surface area (Å²) in [6.07, 6.45) is 1.16. The largest absolute Gasteiger partial charge is 0.466 e. The van der Waals surface area contributed by atoms with Crippen LogP contribution in [0.15, 0.2) is 12.7 Å². The molecule has 4 N–H and O–H groups in total. The number of carbonyl (C=O) groups excluding carboxylic acids is 2. The summed E-state index contributed by atoms with van der Waals surface area (Å²) in [5.41, 5.74) is 0.916. The number of anilines is 1. The molecule has 212 valence electrons. The highest BCUT2D eigenvalue weighted by Gasteiger charge is 2.52. The van der Waals surface area contributed by atoms with E-state index in [1.807, 2.05) is 0 Å². The maximum Gasteiger partial charge on any atom is 0.407 e. The summed E-state index contributed by atoms with van der Waals surface area (Å²) in [5, 5.41) is 27.6. The lowest BCUT2D eigenvalue weighted by Gasteiger charge is -2.29. The molecule has 2 bridgehead atoms. The summed E-state index contributed by atoms with van der Waals surface area (Å²) in [6, 6.07) is -0.235. The number of nitrogens with one attached hydrogen (secondary N) is 2. The molecule has 14 heteroatoms. The predicted molar refractivity (Wildman–Crippen MR) is 133 cm³/mol. The van der Waals surface area contributed by atoms with Crippen LogP contribution in [0.5, 0.6) is 0 Å². The number of esters is 1. The van der Waals surface area contributed by atoms with Crippen molar-refractivity contribution in [2.24, 2.45) is 17.8 Å². The van der Waals surface area contributed by atoms with Gasteiger partial charge in [-0.25, -0.2) is 19.7 Å². The molecule has 39 heavy (non-hydrogen) atoms. The van der Waals surface area contributed by atoms with Crippen LogP contribution in [-0.4, -0.2) is 98.6 Å². The Morgan fingerprint density at radius 2 is 1.97 bits per heavy atom. The molecule has 2 saturated heterocycles. The highest BCUT2D eigenvalue weighted by molar-refractivity contribution is 5.83. The van der Waals surface area contributed by atoms with Crippen molar-refractivity contribution in [2.75, 3.05) is 31.7 Å². The first-order chi connectivity index (χ1) is 18.9. The number of alkyl carbamates (subject to hydrolysis) is 1. The molecule has 6 rings (SSSR count). The molecule has 2 saturated carbocycles. The van der Waals surface area contributed by atoms with Gasteiger partial charge in [-0.1, -0.05) is 0 Å². The number of aromatic nitrogens is 4. The minimum atomic E-state index is -1.31. The minimum Gasteiger partial charge on any atom is -0.466 e. The van der Waals surface area contributed by atoms with Gasteiger partial charge in [0.1, 0.15) is 31.2 Å². The number of hydrogen-bond donors (Lipinski definition) is 4. The van der Waals surface area contributed by atoms with E-state index in [0.717, 1.165) is 25.7 Å². The van der Waals surface area contributed by atoms with Crippen molar-refractivity contribution < 1.29 is 38.7 Å². The standard InChI is InChI=1S/C25H34N6O8/c1-2-37-24(34)16-12-3-4-13(7-12)17(16)30-25(35)38-9-15-19(32)20(33)23(39-15)31-11-28-18-21(26-10-27-22(18)31)29-14-5-6-36-8-14/h10-17,19-20,23,32-33H,2-9H2,1H3,(H,30,35)(H,26,27,29)/t12?,13?,14-,15-,16?,17?,19-,20-,23?/m1/s1. The lowest BCUT2D eigenvalue weighted by molar-refractivity contribution is -0.150. The van der Waals surface area contributed by atoms with E-state index in [9.17, 15) is 19.8 Å². The monoisotopic (exact) mass is 546 g/mol. The Hall–Kier alpha value is -3.07. The third kappa shape index (κ3) is 4.90. The normalized spacial score (nSPS) is 35.4. The average molecular weight is 547 g/mol. The van der Waals surface area contributed by atoms with Crippen molar-refractivity contribution in [3.05, 3.63) is 12.7 Å². The zero-order chi connectivity index (χ0) is 27.1. The van der Waals surface area contributed by atoms with Gasteiger partial charge in [-0.15, -0.1) is 0 Å². The predicted octanol–water partition coefficient (Wildman–Crippen LogP) is 0.350. The van der Waals surface area contributed by atoms with Crippen LogP contribution in [-0.2, 0) is 23.7 Å². The molecule has 5 unspecified atom stereocenters. The van der Waals surface area contributed by atoms with Gasteiger partial charge in [-0.05, 0) is 44.4 Å². The second-order valence-electron chi connectivity index (χ2n) is 10.7. The fraction of sp³-hybridized carbons (Fsp3) is 0.720. The zero-order valence-corrected chi connectivity index (χ0v) is 21.6. The minimum absolute atomic E-state index is 0.114. The highest BCUT2D eigenvalue weighted by atomic mass is 16.6. The molecule has 4 aliphatic rings. The lowest BCUT2D eigenvalue weighted by Crippen LogP contribution is -2.48. The van der Waals surface area contributed by atoms with E-state index in [4.69, 9.17) is 18.9 Å². The average Bonchev–Trinajstić information content (AvgIpc) is 3.75. The third-order valence-corrected chi connectivity index (χ3v) is 8.38. The summed E-state index contributed by atoms with van der Waals surface area (Å²) < 4.78 is 23.5. The van der Waals surface area contributed by atoms with Crippen molar-refractivity contribution in [1.82, 2.24) is 24.8 Å². The van der Waals surface area contributed by atoms with Crippen LogP contribution in [0.1, 0.15) is 38.8 Å². The van der Waals surface area contributed by atoms with E-state index < -0.39 is 30.6 Å². The molecule has 2 aliphatic heterocycles. The van der Waals surface area contributed by atoms with Crippen molar-refractivity contribution in [1.29, 1.82) is 0 Å². The number of hydrogen-bond acceptors (Lipinski definition) is 12. The Morgan fingerprint density at radius 3 is 2.77 bits per heavy atom. The first kappa shape index (κ1) is 26.2. The van der Waals surface area contributed by atoms with Crippen LogP contribution < -0.4 is 10.6 Å². The van der Waals surface area contributed by atoms with Gasteiger partial charge in [0.15, 0.2) is 23.2 Å². The van der Waals surface area contributed by atoms with Crippen LogP contribution in [0.3, 0.4) is 0 Å². The molecule has 0 radical (unpaired) electrons. The molecule has 14 nitrogen and oxygen atoms in total. The van der Waals surface area contributed by atoms with E-state index in [-0.39, 0.29) is 49.0 Å². The van der Waals surface area contributed by atoms with Gasteiger partial charge < -0.3 is 39.8 Å². The van der Waals surface area contributed by atoms with Gasteiger partial charge in [0.2, 0.25) is 0 Å². The van der Waals surface area contributed by atoms with Crippen LogP contribution in [0.25, 0.3) is 11.2 Å². The van der Waals surface area contributed by atoms with Gasteiger partial charge >= 0.3 is 12.1 Å². The quantitative estimate of drug-likeness (QED) is 0.334. The third-order valence-electron chi connectivity index (χ3n) is 8.38. The van der Waals surface area contributed by atoms with Crippen LogP contribution in [0.2, 0.25) is 0 Å². The number of nitrogens with zero attached hydrogens (tertiary/aromatic N) is 4. The molecule has 2 aromatic rings.